The first-order chi connectivity index (χ1) is 11.3. The lowest BCUT2D eigenvalue weighted by Gasteiger charge is -2.05. The number of rotatable bonds is 3. The third-order valence-electron chi connectivity index (χ3n) is 4.00. The molecule has 0 saturated carbocycles. The zero-order valence-electron chi connectivity index (χ0n) is 13.6. The van der Waals surface area contributed by atoms with Crippen molar-refractivity contribution in [2.24, 2.45) is 0 Å². The number of aryl methyl sites for hydroxylation is 3. The zero-order chi connectivity index (χ0) is 17.4. The molecule has 0 atom stereocenters. The van der Waals surface area contributed by atoms with Gasteiger partial charge in [-0.3, -0.25) is 14.9 Å². The van der Waals surface area contributed by atoms with E-state index in [-0.39, 0.29) is 11.6 Å². The van der Waals surface area contributed by atoms with Gasteiger partial charge in [0, 0.05) is 28.2 Å². The summed E-state index contributed by atoms with van der Waals surface area (Å²) in [6, 6.07) is 10.5. The van der Waals surface area contributed by atoms with E-state index in [1.54, 1.807) is 25.1 Å². The van der Waals surface area contributed by atoms with Crippen LogP contribution in [0.25, 0.3) is 10.9 Å². The molecule has 0 bridgehead atoms. The van der Waals surface area contributed by atoms with E-state index in [4.69, 9.17) is 0 Å². The van der Waals surface area contributed by atoms with Crippen molar-refractivity contribution in [1.29, 1.82) is 0 Å². The fourth-order valence-electron chi connectivity index (χ4n) is 2.80. The highest BCUT2D eigenvalue weighted by atomic mass is 16.6. The summed E-state index contributed by atoms with van der Waals surface area (Å²) in [6.07, 6.45) is 0. The number of aromatic amines is 1. The number of benzene rings is 2. The number of fused-ring (bicyclic) bond motifs is 1. The van der Waals surface area contributed by atoms with Crippen LogP contribution in [-0.4, -0.2) is 15.8 Å². The van der Waals surface area contributed by atoms with Crippen LogP contribution < -0.4 is 5.32 Å². The van der Waals surface area contributed by atoms with Gasteiger partial charge >= 0.3 is 0 Å². The van der Waals surface area contributed by atoms with E-state index in [1.807, 2.05) is 19.9 Å². The van der Waals surface area contributed by atoms with Gasteiger partial charge in [-0.05, 0) is 50.1 Å². The average Bonchev–Trinajstić information content (AvgIpc) is 2.93. The van der Waals surface area contributed by atoms with Gasteiger partial charge in [0.05, 0.1) is 4.92 Å². The van der Waals surface area contributed by atoms with Crippen LogP contribution in [-0.2, 0) is 0 Å². The second kappa shape index (κ2) is 5.81. The van der Waals surface area contributed by atoms with Crippen LogP contribution in [0.15, 0.2) is 36.4 Å². The van der Waals surface area contributed by atoms with E-state index in [0.29, 0.717) is 16.9 Å². The summed E-state index contributed by atoms with van der Waals surface area (Å²) < 4.78 is 0. The first-order valence-electron chi connectivity index (χ1n) is 7.51. The Labute approximate surface area is 138 Å². The number of amides is 1. The van der Waals surface area contributed by atoms with Crippen LogP contribution in [0.2, 0.25) is 0 Å². The SMILES string of the molecule is Cc1cc(C)c2cc(C(=O)Nc3ccc(C)c([N+](=O)[O-])c3)[nH]c2c1. The summed E-state index contributed by atoms with van der Waals surface area (Å²) in [4.78, 5) is 26.1. The molecule has 0 spiro atoms. The van der Waals surface area contributed by atoms with Crippen molar-refractivity contribution in [3.05, 3.63) is 68.9 Å². The summed E-state index contributed by atoms with van der Waals surface area (Å²) in [7, 11) is 0. The molecule has 1 amide bonds. The Morgan fingerprint density at radius 1 is 1.08 bits per heavy atom. The van der Waals surface area contributed by atoms with Gasteiger partial charge in [-0.2, -0.15) is 0 Å². The number of H-pyrrole nitrogens is 1. The van der Waals surface area contributed by atoms with Crippen molar-refractivity contribution in [3.8, 4) is 0 Å². The number of hydrogen-bond donors (Lipinski definition) is 2. The molecule has 0 aliphatic rings. The molecule has 6 heteroatoms. The molecule has 0 unspecified atom stereocenters. The molecule has 2 aromatic carbocycles. The van der Waals surface area contributed by atoms with Crippen molar-refractivity contribution >= 4 is 28.2 Å². The number of aromatic nitrogens is 1. The second-order valence-corrected chi connectivity index (χ2v) is 5.94. The maximum Gasteiger partial charge on any atom is 0.274 e. The largest absolute Gasteiger partial charge is 0.351 e. The van der Waals surface area contributed by atoms with Crippen molar-refractivity contribution < 1.29 is 9.72 Å². The second-order valence-electron chi connectivity index (χ2n) is 5.94. The molecule has 24 heavy (non-hydrogen) atoms. The first kappa shape index (κ1) is 15.7. The third-order valence-corrected chi connectivity index (χ3v) is 4.00. The number of nitro groups is 1. The Bertz CT molecular complexity index is 973. The Morgan fingerprint density at radius 2 is 1.83 bits per heavy atom. The van der Waals surface area contributed by atoms with Gasteiger partial charge in [0.25, 0.3) is 11.6 Å². The summed E-state index contributed by atoms with van der Waals surface area (Å²) in [5.74, 6) is -0.332. The normalized spacial score (nSPS) is 10.8. The Hall–Kier alpha value is -3.15. The number of nitro benzene ring substituents is 1. The lowest BCUT2D eigenvalue weighted by molar-refractivity contribution is -0.385. The summed E-state index contributed by atoms with van der Waals surface area (Å²) in [6.45, 7) is 5.65. The molecule has 2 N–H and O–H groups in total. The average molecular weight is 323 g/mol. The van der Waals surface area contributed by atoms with Crippen molar-refractivity contribution in [3.63, 3.8) is 0 Å². The highest BCUT2D eigenvalue weighted by molar-refractivity contribution is 6.06. The van der Waals surface area contributed by atoms with Gasteiger partial charge in [0.15, 0.2) is 0 Å². The Kier molecular flexibility index (Phi) is 3.81. The number of anilines is 1. The lowest BCUT2D eigenvalue weighted by Crippen LogP contribution is -2.12. The van der Waals surface area contributed by atoms with Gasteiger partial charge < -0.3 is 10.3 Å². The van der Waals surface area contributed by atoms with Crippen LogP contribution in [0.3, 0.4) is 0 Å². The fourth-order valence-corrected chi connectivity index (χ4v) is 2.80. The lowest BCUT2D eigenvalue weighted by atomic mass is 10.1. The van der Waals surface area contributed by atoms with Gasteiger partial charge in [-0.15, -0.1) is 0 Å². The molecule has 0 aliphatic heterocycles. The molecular formula is C18H17N3O3. The van der Waals surface area contributed by atoms with E-state index in [0.717, 1.165) is 22.0 Å². The summed E-state index contributed by atoms with van der Waals surface area (Å²) in [5.41, 5.74) is 4.44. The van der Waals surface area contributed by atoms with Crippen LogP contribution in [0.5, 0.6) is 0 Å². The zero-order valence-corrected chi connectivity index (χ0v) is 13.6. The molecule has 0 saturated heterocycles. The number of nitrogens with one attached hydrogen (secondary N) is 2. The van der Waals surface area contributed by atoms with Crippen LogP contribution >= 0.6 is 0 Å². The van der Waals surface area contributed by atoms with Crippen LogP contribution in [0.1, 0.15) is 27.2 Å². The quantitative estimate of drug-likeness (QED) is 0.558. The number of hydrogen-bond acceptors (Lipinski definition) is 3. The number of nitrogens with zero attached hydrogens (tertiary/aromatic N) is 1. The molecule has 1 heterocycles. The minimum absolute atomic E-state index is 0.0177. The molecule has 6 nitrogen and oxygen atoms in total. The van der Waals surface area contributed by atoms with E-state index < -0.39 is 4.92 Å². The van der Waals surface area contributed by atoms with E-state index >= 15 is 0 Å². The van der Waals surface area contributed by atoms with Crippen molar-refractivity contribution in [2.75, 3.05) is 5.32 Å². The third kappa shape index (κ3) is 2.86. The fraction of sp³-hybridized carbons (Fsp3) is 0.167. The molecule has 0 aliphatic carbocycles. The van der Waals surface area contributed by atoms with Crippen molar-refractivity contribution in [1.82, 2.24) is 4.98 Å². The van der Waals surface area contributed by atoms with Gasteiger partial charge in [0.2, 0.25) is 0 Å². The monoisotopic (exact) mass is 323 g/mol. The molecule has 0 radical (unpaired) electrons. The molecule has 3 rings (SSSR count). The topological polar surface area (TPSA) is 88.0 Å². The minimum Gasteiger partial charge on any atom is -0.351 e. The molecule has 3 aromatic rings. The van der Waals surface area contributed by atoms with Gasteiger partial charge in [0.1, 0.15) is 5.69 Å². The summed E-state index contributed by atoms with van der Waals surface area (Å²) >= 11 is 0. The first-order valence-corrected chi connectivity index (χ1v) is 7.51. The standard InChI is InChI=1S/C18H17N3O3/c1-10-6-12(3)14-9-16(20-15(14)7-10)18(22)19-13-5-4-11(2)17(8-13)21(23)24/h4-9,20H,1-3H3,(H,19,22). The molecule has 122 valence electrons. The molecular weight excluding hydrogens is 306 g/mol. The summed E-state index contributed by atoms with van der Waals surface area (Å²) in [5, 5.41) is 14.7. The molecule has 0 fully saturated rings. The predicted octanol–water partition coefficient (Wildman–Crippen LogP) is 4.25. The number of carbonyl (C=O) groups is 1. The molecule has 1 aromatic heterocycles. The Morgan fingerprint density at radius 3 is 2.54 bits per heavy atom. The van der Waals surface area contributed by atoms with E-state index in [9.17, 15) is 14.9 Å². The highest BCUT2D eigenvalue weighted by Crippen LogP contribution is 2.24. The van der Waals surface area contributed by atoms with E-state index in [2.05, 4.69) is 16.4 Å². The van der Waals surface area contributed by atoms with Crippen LogP contribution in [0, 0.1) is 30.9 Å². The Balaban J connectivity index is 1.92. The van der Waals surface area contributed by atoms with Crippen LogP contribution in [0.4, 0.5) is 11.4 Å². The maximum absolute atomic E-state index is 12.4. The maximum atomic E-state index is 12.4. The van der Waals surface area contributed by atoms with Gasteiger partial charge in [-0.1, -0.05) is 12.1 Å². The highest BCUT2D eigenvalue weighted by Gasteiger charge is 2.15. The van der Waals surface area contributed by atoms with Crippen molar-refractivity contribution in [2.45, 2.75) is 20.8 Å². The predicted molar refractivity (Wildman–Crippen MR) is 93.6 cm³/mol. The minimum atomic E-state index is -0.458. The number of carbonyl (C=O) groups excluding carboxylic acids is 1. The van der Waals surface area contributed by atoms with E-state index in [1.165, 1.54) is 6.07 Å². The van der Waals surface area contributed by atoms with Gasteiger partial charge in [-0.25, -0.2) is 0 Å². The smallest absolute Gasteiger partial charge is 0.274 e.